The molecule has 20 heavy (non-hydrogen) atoms. The number of halogens is 2. The van der Waals surface area contributed by atoms with Crippen molar-refractivity contribution in [2.24, 2.45) is 0 Å². The highest BCUT2D eigenvalue weighted by molar-refractivity contribution is 6.31. The summed E-state index contributed by atoms with van der Waals surface area (Å²) in [5, 5.41) is 10.6. The molecule has 8 heteroatoms. The van der Waals surface area contributed by atoms with Crippen LogP contribution in [0.25, 0.3) is 11.0 Å². The number of H-pyrrole nitrogens is 1. The number of aromatic nitrogens is 4. The third-order valence-electron chi connectivity index (χ3n) is 2.82. The van der Waals surface area contributed by atoms with Crippen molar-refractivity contribution < 1.29 is 4.39 Å². The number of rotatable bonds is 3. The molecule has 2 aromatic heterocycles. The Morgan fingerprint density at radius 3 is 3.00 bits per heavy atom. The Balaban J connectivity index is 1.92. The molecule has 0 aliphatic heterocycles. The second-order valence-electron chi connectivity index (χ2n) is 4.12. The van der Waals surface area contributed by atoms with Crippen molar-refractivity contribution in [3.05, 3.63) is 40.8 Å². The molecule has 0 atom stereocenters. The van der Waals surface area contributed by atoms with Crippen LogP contribution in [0.5, 0.6) is 0 Å². The van der Waals surface area contributed by atoms with Gasteiger partial charge in [0, 0.05) is 17.1 Å². The Morgan fingerprint density at radius 2 is 2.20 bits per heavy atom. The van der Waals surface area contributed by atoms with E-state index in [9.17, 15) is 4.39 Å². The van der Waals surface area contributed by atoms with Gasteiger partial charge < -0.3 is 11.1 Å². The zero-order chi connectivity index (χ0) is 14.1. The average Bonchev–Trinajstić information content (AvgIpc) is 2.86. The maximum atomic E-state index is 13.7. The van der Waals surface area contributed by atoms with Gasteiger partial charge in [-0.2, -0.15) is 15.1 Å². The van der Waals surface area contributed by atoms with Crippen molar-refractivity contribution >= 4 is 34.4 Å². The number of hydrogen-bond acceptors (Lipinski definition) is 5. The van der Waals surface area contributed by atoms with E-state index >= 15 is 0 Å². The van der Waals surface area contributed by atoms with Gasteiger partial charge in [0.1, 0.15) is 11.6 Å². The van der Waals surface area contributed by atoms with E-state index in [1.54, 1.807) is 18.3 Å². The zero-order valence-corrected chi connectivity index (χ0v) is 10.9. The minimum atomic E-state index is -0.379. The predicted octanol–water partition coefficient (Wildman–Crippen LogP) is 2.34. The fraction of sp³-hybridized carbons (Fsp3) is 0.0833. The number of nitrogen functional groups attached to an aromatic ring is 1. The second kappa shape index (κ2) is 4.93. The van der Waals surface area contributed by atoms with Gasteiger partial charge in [-0.15, -0.1) is 0 Å². The maximum absolute atomic E-state index is 13.7. The number of aromatic amines is 1. The number of nitrogens with zero attached hydrogens (tertiary/aromatic N) is 3. The van der Waals surface area contributed by atoms with Crippen molar-refractivity contribution in [1.82, 2.24) is 20.2 Å². The molecule has 0 amide bonds. The Bertz CT molecular complexity index is 751. The second-order valence-corrected chi connectivity index (χ2v) is 4.52. The molecule has 6 nitrogen and oxygen atoms in total. The van der Waals surface area contributed by atoms with Gasteiger partial charge >= 0.3 is 0 Å². The van der Waals surface area contributed by atoms with E-state index in [0.717, 1.165) is 0 Å². The number of fused-ring (bicyclic) bond motifs is 1. The molecule has 4 N–H and O–H groups in total. The molecular formula is C12H10ClFN6. The van der Waals surface area contributed by atoms with Crippen LogP contribution in [0.1, 0.15) is 5.56 Å². The fourth-order valence-electron chi connectivity index (χ4n) is 1.86. The Kier molecular flexibility index (Phi) is 3.11. The van der Waals surface area contributed by atoms with Gasteiger partial charge in [0.2, 0.25) is 5.95 Å². The molecule has 2 heterocycles. The summed E-state index contributed by atoms with van der Waals surface area (Å²) in [6, 6.07) is 4.53. The zero-order valence-electron chi connectivity index (χ0n) is 10.2. The number of nitrogens with one attached hydrogen (secondary N) is 2. The molecule has 0 saturated heterocycles. The first kappa shape index (κ1) is 12.6. The Morgan fingerprint density at radius 1 is 1.35 bits per heavy atom. The quantitative estimate of drug-likeness (QED) is 0.689. The molecule has 0 radical (unpaired) electrons. The van der Waals surface area contributed by atoms with Crippen LogP contribution in [0.3, 0.4) is 0 Å². The van der Waals surface area contributed by atoms with E-state index in [0.29, 0.717) is 27.4 Å². The lowest BCUT2D eigenvalue weighted by Gasteiger charge is -2.09. The Hall–Kier alpha value is -2.41. The molecule has 3 rings (SSSR count). The summed E-state index contributed by atoms with van der Waals surface area (Å²) in [7, 11) is 0. The summed E-state index contributed by atoms with van der Waals surface area (Å²) in [6.45, 7) is 0.183. The van der Waals surface area contributed by atoms with Crippen LogP contribution in [-0.4, -0.2) is 20.2 Å². The highest BCUT2D eigenvalue weighted by atomic mass is 35.5. The third kappa shape index (κ3) is 2.23. The highest BCUT2D eigenvalue weighted by Gasteiger charge is 2.10. The van der Waals surface area contributed by atoms with E-state index in [4.69, 9.17) is 17.3 Å². The normalized spacial score (nSPS) is 10.9. The molecule has 0 fully saturated rings. The van der Waals surface area contributed by atoms with E-state index in [2.05, 4.69) is 25.5 Å². The first-order valence-corrected chi connectivity index (χ1v) is 6.16. The summed E-state index contributed by atoms with van der Waals surface area (Å²) in [5.74, 6) is 0.194. The number of hydrogen-bond donors (Lipinski definition) is 3. The van der Waals surface area contributed by atoms with Gasteiger partial charge in [-0.05, 0) is 12.1 Å². The van der Waals surface area contributed by atoms with Crippen LogP contribution >= 0.6 is 11.6 Å². The van der Waals surface area contributed by atoms with Crippen LogP contribution in [0.2, 0.25) is 5.02 Å². The average molecular weight is 293 g/mol. The predicted molar refractivity (Wildman–Crippen MR) is 74.8 cm³/mol. The van der Waals surface area contributed by atoms with Crippen molar-refractivity contribution in [2.45, 2.75) is 6.54 Å². The lowest BCUT2D eigenvalue weighted by molar-refractivity contribution is 0.613. The smallest absolute Gasteiger partial charge is 0.224 e. The molecule has 0 aliphatic carbocycles. The van der Waals surface area contributed by atoms with E-state index in [-0.39, 0.29) is 18.3 Å². The molecular weight excluding hydrogens is 283 g/mol. The molecule has 3 aromatic rings. The highest BCUT2D eigenvalue weighted by Crippen LogP contribution is 2.23. The van der Waals surface area contributed by atoms with Crippen molar-refractivity contribution in [1.29, 1.82) is 0 Å². The van der Waals surface area contributed by atoms with Crippen LogP contribution in [-0.2, 0) is 6.54 Å². The molecule has 0 aliphatic rings. The minimum absolute atomic E-state index is 0.101. The maximum Gasteiger partial charge on any atom is 0.224 e. The standard InChI is InChI=1S/C12H10ClFN6/c13-8-2-1-3-9(14)6(8)4-16-10-7-5-17-20-11(7)19-12(15)18-10/h1-3,5H,4H2,(H4,15,16,17,18,19,20). The first-order chi connectivity index (χ1) is 9.65. The summed E-state index contributed by atoms with van der Waals surface area (Å²) in [4.78, 5) is 8.07. The Labute approximate surface area is 118 Å². The van der Waals surface area contributed by atoms with Gasteiger partial charge in [-0.3, -0.25) is 5.10 Å². The van der Waals surface area contributed by atoms with Crippen LogP contribution < -0.4 is 11.1 Å². The molecule has 102 valence electrons. The fourth-order valence-corrected chi connectivity index (χ4v) is 2.09. The van der Waals surface area contributed by atoms with Crippen LogP contribution in [0.4, 0.5) is 16.2 Å². The van der Waals surface area contributed by atoms with Crippen LogP contribution in [0.15, 0.2) is 24.4 Å². The van der Waals surface area contributed by atoms with Gasteiger partial charge in [0.05, 0.1) is 11.6 Å². The molecule has 0 bridgehead atoms. The van der Waals surface area contributed by atoms with Crippen LogP contribution in [0, 0.1) is 5.82 Å². The van der Waals surface area contributed by atoms with Gasteiger partial charge in [0.25, 0.3) is 0 Å². The van der Waals surface area contributed by atoms with Gasteiger partial charge in [0.15, 0.2) is 5.65 Å². The summed E-state index contributed by atoms with van der Waals surface area (Å²) >= 11 is 5.97. The number of nitrogens with two attached hydrogens (primary N) is 1. The molecule has 0 spiro atoms. The van der Waals surface area contributed by atoms with E-state index < -0.39 is 0 Å². The summed E-state index contributed by atoms with van der Waals surface area (Å²) < 4.78 is 13.7. The number of anilines is 2. The minimum Gasteiger partial charge on any atom is -0.368 e. The van der Waals surface area contributed by atoms with Crippen molar-refractivity contribution in [3.63, 3.8) is 0 Å². The molecule has 1 aromatic carbocycles. The topological polar surface area (TPSA) is 92.5 Å². The first-order valence-electron chi connectivity index (χ1n) is 5.78. The lowest BCUT2D eigenvalue weighted by Crippen LogP contribution is -2.06. The molecule has 0 saturated carbocycles. The van der Waals surface area contributed by atoms with Gasteiger partial charge in [-0.1, -0.05) is 17.7 Å². The monoisotopic (exact) mass is 292 g/mol. The number of benzene rings is 1. The van der Waals surface area contributed by atoms with Crippen molar-refractivity contribution in [2.75, 3.05) is 11.1 Å². The summed E-state index contributed by atoms with van der Waals surface area (Å²) in [6.07, 6.45) is 1.57. The summed E-state index contributed by atoms with van der Waals surface area (Å²) in [5.41, 5.74) is 6.48. The van der Waals surface area contributed by atoms with Crippen molar-refractivity contribution in [3.8, 4) is 0 Å². The van der Waals surface area contributed by atoms with Gasteiger partial charge in [-0.25, -0.2) is 4.39 Å². The van der Waals surface area contributed by atoms with E-state index in [1.807, 2.05) is 0 Å². The SMILES string of the molecule is Nc1nc(NCc2c(F)cccc2Cl)c2cn[nH]c2n1. The van der Waals surface area contributed by atoms with E-state index in [1.165, 1.54) is 6.07 Å². The lowest BCUT2D eigenvalue weighted by atomic mass is 10.2. The third-order valence-corrected chi connectivity index (χ3v) is 3.18. The molecule has 0 unspecified atom stereocenters. The largest absolute Gasteiger partial charge is 0.368 e.